The number of hydrogen-bond acceptors (Lipinski definition) is 5. The van der Waals surface area contributed by atoms with E-state index >= 15 is 0 Å². The Balaban J connectivity index is 1.85. The molecule has 0 saturated carbocycles. The van der Waals surface area contributed by atoms with Gasteiger partial charge in [-0.05, 0) is 56.0 Å². The number of fused-ring (bicyclic) bond motifs is 1. The summed E-state index contributed by atoms with van der Waals surface area (Å²) in [6.07, 6.45) is 2.88. The molecule has 0 unspecified atom stereocenters. The SMILES string of the molecule is CCOC(=O)c1c(NC(=O)c2ccc(N(C)C)cc2)sc2c1CCC2. The van der Waals surface area contributed by atoms with Gasteiger partial charge in [0, 0.05) is 30.2 Å². The predicted octanol–water partition coefficient (Wildman–Crippen LogP) is 3.73. The van der Waals surface area contributed by atoms with Gasteiger partial charge in [0.25, 0.3) is 5.91 Å². The molecule has 1 amide bonds. The summed E-state index contributed by atoms with van der Waals surface area (Å²) in [6, 6.07) is 7.37. The number of nitrogens with one attached hydrogen (secondary N) is 1. The Hall–Kier alpha value is -2.34. The summed E-state index contributed by atoms with van der Waals surface area (Å²) in [4.78, 5) is 28.1. The van der Waals surface area contributed by atoms with Gasteiger partial charge in [0.2, 0.25) is 0 Å². The molecule has 1 N–H and O–H groups in total. The topological polar surface area (TPSA) is 58.6 Å². The third-order valence-corrected chi connectivity index (χ3v) is 5.48. The number of carbonyl (C=O) groups is 2. The first-order valence-corrected chi connectivity index (χ1v) is 9.23. The van der Waals surface area contributed by atoms with Gasteiger partial charge in [-0.2, -0.15) is 0 Å². The molecule has 0 radical (unpaired) electrons. The van der Waals surface area contributed by atoms with E-state index in [-0.39, 0.29) is 11.9 Å². The quantitative estimate of drug-likeness (QED) is 0.828. The van der Waals surface area contributed by atoms with Crippen LogP contribution in [0, 0.1) is 0 Å². The highest BCUT2D eigenvalue weighted by Crippen LogP contribution is 2.39. The van der Waals surface area contributed by atoms with Crippen LogP contribution in [0.3, 0.4) is 0 Å². The lowest BCUT2D eigenvalue weighted by Crippen LogP contribution is -2.15. The number of anilines is 2. The summed E-state index contributed by atoms with van der Waals surface area (Å²) in [6.45, 7) is 2.11. The van der Waals surface area contributed by atoms with E-state index in [0.29, 0.717) is 22.7 Å². The first kappa shape index (κ1) is 17.5. The van der Waals surface area contributed by atoms with Crippen LogP contribution < -0.4 is 10.2 Å². The fraction of sp³-hybridized carbons (Fsp3) is 0.368. The van der Waals surface area contributed by atoms with Crippen LogP contribution in [0.1, 0.15) is 44.5 Å². The molecule has 1 heterocycles. The van der Waals surface area contributed by atoms with Gasteiger partial charge in [0.15, 0.2) is 0 Å². The molecule has 6 heteroatoms. The molecular formula is C19H22N2O3S. The minimum absolute atomic E-state index is 0.212. The molecule has 2 aromatic rings. The molecule has 1 aromatic heterocycles. The molecule has 0 saturated heterocycles. The molecule has 0 bridgehead atoms. The molecule has 0 fully saturated rings. The van der Waals surface area contributed by atoms with E-state index < -0.39 is 0 Å². The van der Waals surface area contributed by atoms with E-state index in [2.05, 4.69) is 5.32 Å². The van der Waals surface area contributed by atoms with Gasteiger partial charge >= 0.3 is 5.97 Å². The second kappa shape index (κ2) is 7.27. The zero-order chi connectivity index (χ0) is 18.0. The van der Waals surface area contributed by atoms with Crippen molar-refractivity contribution in [3.05, 3.63) is 45.8 Å². The maximum absolute atomic E-state index is 12.6. The minimum Gasteiger partial charge on any atom is -0.462 e. The first-order valence-electron chi connectivity index (χ1n) is 8.41. The number of hydrogen-bond donors (Lipinski definition) is 1. The highest BCUT2D eigenvalue weighted by molar-refractivity contribution is 7.17. The number of ether oxygens (including phenoxy) is 1. The third-order valence-electron chi connectivity index (χ3n) is 4.27. The number of esters is 1. The summed E-state index contributed by atoms with van der Waals surface area (Å²) < 4.78 is 5.19. The lowest BCUT2D eigenvalue weighted by atomic mass is 10.1. The maximum atomic E-state index is 12.6. The van der Waals surface area contributed by atoms with Crippen molar-refractivity contribution in [2.24, 2.45) is 0 Å². The van der Waals surface area contributed by atoms with Crippen molar-refractivity contribution in [2.75, 3.05) is 30.9 Å². The largest absolute Gasteiger partial charge is 0.462 e. The maximum Gasteiger partial charge on any atom is 0.341 e. The second-order valence-electron chi connectivity index (χ2n) is 6.18. The van der Waals surface area contributed by atoms with E-state index in [0.717, 1.165) is 30.5 Å². The van der Waals surface area contributed by atoms with E-state index in [9.17, 15) is 9.59 Å². The summed E-state index contributed by atoms with van der Waals surface area (Å²) in [5.41, 5.74) is 3.17. The summed E-state index contributed by atoms with van der Waals surface area (Å²) in [5.74, 6) is -0.559. The van der Waals surface area contributed by atoms with E-state index in [1.165, 1.54) is 16.2 Å². The smallest absolute Gasteiger partial charge is 0.341 e. The van der Waals surface area contributed by atoms with Crippen molar-refractivity contribution in [1.82, 2.24) is 0 Å². The van der Waals surface area contributed by atoms with Crippen molar-refractivity contribution in [3.63, 3.8) is 0 Å². The Kier molecular flexibility index (Phi) is 5.08. The lowest BCUT2D eigenvalue weighted by Gasteiger charge is -2.12. The Bertz CT molecular complexity index is 794. The molecule has 1 aliphatic rings. The van der Waals surface area contributed by atoms with Crippen molar-refractivity contribution in [2.45, 2.75) is 26.2 Å². The predicted molar refractivity (Wildman–Crippen MR) is 101 cm³/mol. The average Bonchev–Trinajstić information content (AvgIpc) is 3.15. The van der Waals surface area contributed by atoms with Gasteiger partial charge < -0.3 is 15.0 Å². The summed E-state index contributed by atoms with van der Waals surface area (Å²) in [5, 5.41) is 3.51. The third kappa shape index (κ3) is 3.54. The number of rotatable bonds is 5. The molecule has 1 aliphatic carbocycles. The summed E-state index contributed by atoms with van der Waals surface area (Å²) in [7, 11) is 3.90. The molecule has 0 spiro atoms. The van der Waals surface area contributed by atoms with Gasteiger partial charge in [0.1, 0.15) is 5.00 Å². The molecule has 5 nitrogen and oxygen atoms in total. The molecule has 0 aliphatic heterocycles. The summed E-state index contributed by atoms with van der Waals surface area (Å²) >= 11 is 1.49. The minimum atomic E-state index is -0.347. The van der Waals surface area contributed by atoms with Crippen molar-refractivity contribution in [3.8, 4) is 0 Å². The standard InChI is InChI=1S/C19H22N2O3S/c1-4-24-19(23)16-14-6-5-7-15(14)25-18(16)20-17(22)12-8-10-13(11-9-12)21(2)3/h8-11H,4-7H2,1-3H3,(H,20,22). The van der Waals surface area contributed by atoms with Gasteiger partial charge in [0.05, 0.1) is 12.2 Å². The number of thiophene rings is 1. The zero-order valence-corrected chi connectivity index (χ0v) is 15.5. The van der Waals surface area contributed by atoms with Gasteiger partial charge in [-0.25, -0.2) is 4.79 Å². The zero-order valence-electron chi connectivity index (χ0n) is 14.7. The number of amides is 1. The average molecular weight is 358 g/mol. The fourth-order valence-electron chi connectivity index (χ4n) is 3.00. The Morgan fingerprint density at radius 3 is 2.56 bits per heavy atom. The van der Waals surface area contributed by atoms with Crippen LogP contribution in [0.5, 0.6) is 0 Å². The molecule has 0 atom stereocenters. The number of nitrogens with zero attached hydrogens (tertiary/aromatic N) is 1. The van der Waals surface area contributed by atoms with Gasteiger partial charge in [-0.15, -0.1) is 11.3 Å². The number of benzene rings is 1. The molecule has 25 heavy (non-hydrogen) atoms. The van der Waals surface area contributed by atoms with Crippen molar-refractivity contribution in [1.29, 1.82) is 0 Å². The Labute approximate surface area is 151 Å². The molecule has 3 rings (SSSR count). The van der Waals surface area contributed by atoms with Crippen LogP contribution in [0.2, 0.25) is 0 Å². The van der Waals surface area contributed by atoms with Crippen LogP contribution in [-0.2, 0) is 17.6 Å². The molecule has 132 valence electrons. The Morgan fingerprint density at radius 2 is 1.92 bits per heavy atom. The monoisotopic (exact) mass is 358 g/mol. The normalized spacial score (nSPS) is 12.6. The van der Waals surface area contributed by atoms with Crippen LogP contribution in [0.15, 0.2) is 24.3 Å². The number of aryl methyl sites for hydroxylation is 1. The van der Waals surface area contributed by atoms with Crippen LogP contribution >= 0.6 is 11.3 Å². The van der Waals surface area contributed by atoms with Crippen LogP contribution in [0.25, 0.3) is 0 Å². The van der Waals surface area contributed by atoms with E-state index in [1.54, 1.807) is 19.1 Å². The van der Waals surface area contributed by atoms with E-state index in [1.807, 2.05) is 31.1 Å². The van der Waals surface area contributed by atoms with Gasteiger partial charge in [-0.1, -0.05) is 0 Å². The Morgan fingerprint density at radius 1 is 1.20 bits per heavy atom. The van der Waals surface area contributed by atoms with Crippen LogP contribution in [0.4, 0.5) is 10.7 Å². The number of carbonyl (C=O) groups excluding carboxylic acids is 2. The lowest BCUT2D eigenvalue weighted by molar-refractivity contribution is 0.0527. The first-order chi connectivity index (χ1) is 12.0. The molecule has 1 aromatic carbocycles. The fourth-order valence-corrected chi connectivity index (χ4v) is 4.27. The van der Waals surface area contributed by atoms with E-state index in [4.69, 9.17) is 4.74 Å². The highest BCUT2D eigenvalue weighted by atomic mass is 32.1. The van der Waals surface area contributed by atoms with Crippen molar-refractivity contribution >= 4 is 33.9 Å². The van der Waals surface area contributed by atoms with Gasteiger partial charge in [-0.3, -0.25) is 4.79 Å². The molecular weight excluding hydrogens is 336 g/mol. The highest BCUT2D eigenvalue weighted by Gasteiger charge is 2.28. The second-order valence-corrected chi connectivity index (χ2v) is 7.28. The van der Waals surface area contributed by atoms with Crippen LogP contribution in [-0.4, -0.2) is 32.6 Å². The van der Waals surface area contributed by atoms with Crippen molar-refractivity contribution < 1.29 is 14.3 Å².